The highest BCUT2D eigenvalue weighted by Crippen LogP contribution is 2.25. The second-order valence-corrected chi connectivity index (χ2v) is 3.28. The smallest absolute Gasteiger partial charge is 0.337 e. The van der Waals surface area contributed by atoms with Gasteiger partial charge >= 0.3 is 5.97 Å². The van der Waals surface area contributed by atoms with Gasteiger partial charge in [0.25, 0.3) is 0 Å². The van der Waals surface area contributed by atoms with Crippen LogP contribution in [0.1, 0.15) is 11.7 Å². The lowest BCUT2D eigenvalue weighted by molar-refractivity contribution is -0.156. The molecule has 0 aromatic heterocycles. The number of carbonyl (C=O) groups is 1. The molecule has 0 amide bonds. The fourth-order valence-electron chi connectivity index (χ4n) is 1.23. The standard InChI is InChI=1S/C10H11F2NO4/c1-17-10(16)9(15)8(14)4-2-3-5(13)7(12)6(4)11/h2-3,8-9,14-15H,13H2,1H3. The van der Waals surface area contributed by atoms with Gasteiger partial charge in [-0.2, -0.15) is 0 Å². The van der Waals surface area contributed by atoms with Gasteiger partial charge in [-0.3, -0.25) is 0 Å². The molecule has 17 heavy (non-hydrogen) atoms. The molecule has 0 radical (unpaired) electrons. The molecule has 0 bridgehead atoms. The summed E-state index contributed by atoms with van der Waals surface area (Å²) in [5.41, 5.74) is 4.09. The Morgan fingerprint density at radius 2 is 1.94 bits per heavy atom. The second-order valence-electron chi connectivity index (χ2n) is 3.28. The molecule has 1 rings (SSSR count). The van der Waals surface area contributed by atoms with Crippen LogP contribution in [0.5, 0.6) is 0 Å². The van der Waals surface area contributed by atoms with Crippen LogP contribution in [0.4, 0.5) is 14.5 Å². The number of nitrogens with two attached hydrogens (primary N) is 1. The third-order valence-electron chi connectivity index (χ3n) is 2.20. The minimum Gasteiger partial charge on any atom is -0.467 e. The van der Waals surface area contributed by atoms with Crippen LogP contribution in [0.2, 0.25) is 0 Å². The number of carbonyl (C=O) groups excluding carboxylic acids is 1. The highest BCUT2D eigenvalue weighted by atomic mass is 19.2. The van der Waals surface area contributed by atoms with E-state index < -0.39 is 41.1 Å². The maximum atomic E-state index is 13.4. The highest BCUT2D eigenvalue weighted by Gasteiger charge is 2.29. The van der Waals surface area contributed by atoms with Crippen molar-refractivity contribution in [3.8, 4) is 0 Å². The lowest BCUT2D eigenvalue weighted by Gasteiger charge is -2.17. The molecule has 2 atom stereocenters. The molecule has 0 spiro atoms. The van der Waals surface area contributed by atoms with Crippen molar-refractivity contribution in [1.82, 2.24) is 0 Å². The first-order valence-electron chi connectivity index (χ1n) is 4.57. The van der Waals surface area contributed by atoms with Crippen molar-refractivity contribution in [2.24, 2.45) is 0 Å². The zero-order valence-corrected chi connectivity index (χ0v) is 8.85. The average Bonchev–Trinajstić information content (AvgIpc) is 2.33. The fourth-order valence-corrected chi connectivity index (χ4v) is 1.23. The number of nitrogen functional groups attached to an aromatic ring is 1. The Balaban J connectivity index is 3.09. The van der Waals surface area contributed by atoms with Crippen LogP contribution < -0.4 is 5.73 Å². The maximum absolute atomic E-state index is 13.4. The van der Waals surface area contributed by atoms with E-state index in [1.807, 2.05) is 0 Å². The lowest BCUT2D eigenvalue weighted by atomic mass is 10.0. The third-order valence-corrected chi connectivity index (χ3v) is 2.20. The van der Waals surface area contributed by atoms with Crippen molar-refractivity contribution in [3.63, 3.8) is 0 Å². The fraction of sp³-hybridized carbons (Fsp3) is 0.300. The van der Waals surface area contributed by atoms with Crippen LogP contribution in [0.3, 0.4) is 0 Å². The number of ether oxygens (including phenoxy) is 1. The number of aliphatic hydroxyl groups excluding tert-OH is 2. The largest absolute Gasteiger partial charge is 0.467 e. The zero-order valence-electron chi connectivity index (χ0n) is 8.85. The predicted molar refractivity (Wildman–Crippen MR) is 53.8 cm³/mol. The highest BCUT2D eigenvalue weighted by molar-refractivity contribution is 5.75. The first-order chi connectivity index (χ1) is 7.90. The summed E-state index contributed by atoms with van der Waals surface area (Å²) in [5.74, 6) is -3.92. The van der Waals surface area contributed by atoms with Crippen molar-refractivity contribution >= 4 is 11.7 Å². The van der Waals surface area contributed by atoms with Gasteiger partial charge in [0.15, 0.2) is 17.7 Å². The number of benzene rings is 1. The van der Waals surface area contributed by atoms with Gasteiger partial charge in [0, 0.05) is 5.56 Å². The van der Waals surface area contributed by atoms with Gasteiger partial charge in [-0.05, 0) is 6.07 Å². The molecule has 0 heterocycles. The summed E-state index contributed by atoms with van der Waals surface area (Å²) in [7, 11) is 0.984. The third kappa shape index (κ3) is 2.51. The SMILES string of the molecule is COC(=O)C(O)C(O)c1ccc(N)c(F)c1F. The Hall–Kier alpha value is -1.73. The molecule has 4 N–H and O–H groups in total. The summed E-state index contributed by atoms with van der Waals surface area (Å²) in [4.78, 5) is 10.9. The molecule has 0 fully saturated rings. The van der Waals surface area contributed by atoms with Crippen LogP contribution in [0.15, 0.2) is 12.1 Å². The average molecular weight is 247 g/mol. The van der Waals surface area contributed by atoms with Crippen LogP contribution in [-0.2, 0) is 9.53 Å². The maximum Gasteiger partial charge on any atom is 0.337 e. The molecule has 7 heteroatoms. The molecule has 0 aliphatic heterocycles. The number of aliphatic hydroxyl groups is 2. The number of anilines is 1. The number of halogens is 2. The summed E-state index contributed by atoms with van der Waals surface area (Å²) < 4.78 is 30.6. The van der Waals surface area contributed by atoms with E-state index in [1.165, 1.54) is 0 Å². The van der Waals surface area contributed by atoms with Crippen LogP contribution in [0.25, 0.3) is 0 Å². The van der Waals surface area contributed by atoms with Crippen molar-refractivity contribution in [2.45, 2.75) is 12.2 Å². The quantitative estimate of drug-likeness (QED) is 0.521. The molecule has 0 aliphatic rings. The number of hydrogen-bond donors (Lipinski definition) is 3. The number of methoxy groups -OCH3 is 1. The second kappa shape index (κ2) is 5.07. The van der Waals surface area contributed by atoms with Gasteiger partial charge in [0.1, 0.15) is 6.10 Å². The molecule has 1 aromatic carbocycles. The van der Waals surface area contributed by atoms with Gasteiger partial charge in [0.2, 0.25) is 0 Å². The number of esters is 1. The van der Waals surface area contributed by atoms with E-state index in [-0.39, 0.29) is 0 Å². The van der Waals surface area contributed by atoms with E-state index in [0.29, 0.717) is 0 Å². The molecule has 0 aliphatic carbocycles. The monoisotopic (exact) mass is 247 g/mol. The van der Waals surface area contributed by atoms with E-state index in [9.17, 15) is 23.8 Å². The Morgan fingerprint density at radius 1 is 1.35 bits per heavy atom. The molecule has 94 valence electrons. The van der Waals surface area contributed by atoms with Crippen molar-refractivity contribution in [3.05, 3.63) is 29.3 Å². The summed E-state index contributed by atoms with van der Waals surface area (Å²) in [6, 6.07) is 1.99. The summed E-state index contributed by atoms with van der Waals surface area (Å²) in [5, 5.41) is 18.8. The van der Waals surface area contributed by atoms with Crippen molar-refractivity contribution < 1.29 is 28.5 Å². The van der Waals surface area contributed by atoms with E-state index in [4.69, 9.17) is 5.73 Å². The number of hydrogen-bond acceptors (Lipinski definition) is 5. The van der Waals surface area contributed by atoms with Gasteiger partial charge < -0.3 is 20.7 Å². The van der Waals surface area contributed by atoms with E-state index >= 15 is 0 Å². The molecular weight excluding hydrogens is 236 g/mol. The van der Waals surface area contributed by atoms with E-state index in [1.54, 1.807) is 0 Å². The van der Waals surface area contributed by atoms with Crippen LogP contribution >= 0.6 is 0 Å². The summed E-state index contributed by atoms with van der Waals surface area (Å²) in [6.07, 6.45) is -3.94. The Labute approximate surface area is 95.4 Å². The van der Waals surface area contributed by atoms with E-state index in [2.05, 4.69) is 4.74 Å². The Bertz CT molecular complexity index is 439. The van der Waals surface area contributed by atoms with E-state index in [0.717, 1.165) is 19.2 Å². The molecule has 2 unspecified atom stereocenters. The molecule has 0 saturated carbocycles. The summed E-state index contributed by atoms with van der Waals surface area (Å²) in [6.45, 7) is 0. The molecule has 1 aromatic rings. The zero-order chi connectivity index (χ0) is 13.2. The molecular formula is C10H11F2NO4. The lowest BCUT2D eigenvalue weighted by Crippen LogP contribution is -2.29. The summed E-state index contributed by atoms with van der Waals surface area (Å²) >= 11 is 0. The normalized spacial score (nSPS) is 14.2. The van der Waals surface area contributed by atoms with Gasteiger partial charge in [-0.1, -0.05) is 6.07 Å². The minimum absolute atomic E-state index is 0.439. The minimum atomic E-state index is -2.00. The van der Waals surface area contributed by atoms with Gasteiger partial charge in [-0.25, -0.2) is 13.6 Å². The van der Waals surface area contributed by atoms with Crippen LogP contribution in [0, 0.1) is 11.6 Å². The topological polar surface area (TPSA) is 92.8 Å². The Kier molecular flexibility index (Phi) is 3.97. The van der Waals surface area contributed by atoms with Crippen LogP contribution in [-0.4, -0.2) is 29.4 Å². The first kappa shape index (κ1) is 13.3. The van der Waals surface area contributed by atoms with Gasteiger partial charge in [-0.15, -0.1) is 0 Å². The number of rotatable bonds is 3. The Morgan fingerprint density at radius 3 is 2.47 bits per heavy atom. The first-order valence-corrected chi connectivity index (χ1v) is 4.57. The molecule has 0 saturated heterocycles. The molecule has 5 nitrogen and oxygen atoms in total. The van der Waals surface area contributed by atoms with Gasteiger partial charge in [0.05, 0.1) is 12.8 Å². The van der Waals surface area contributed by atoms with Crippen molar-refractivity contribution in [1.29, 1.82) is 0 Å². The van der Waals surface area contributed by atoms with Crippen molar-refractivity contribution in [2.75, 3.05) is 12.8 Å². The predicted octanol–water partition coefficient (Wildman–Crippen LogP) is 0.114.